The first-order valence-electron chi connectivity index (χ1n) is 9.50. The second kappa shape index (κ2) is 9.48. The Morgan fingerprint density at radius 3 is 2.37 bits per heavy atom. The van der Waals surface area contributed by atoms with E-state index >= 15 is 0 Å². The monoisotopic (exact) mass is 368 g/mol. The molecule has 2 heterocycles. The van der Waals surface area contributed by atoms with Crippen LogP contribution in [0.25, 0.3) is 0 Å². The van der Waals surface area contributed by atoms with Crippen LogP contribution in [-0.2, 0) is 0 Å². The molecule has 1 atom stereocenters. The van der Waals surface area contributed by atoms with E-state index in [2.05, 4.69) is 39.2 Å². The number of ether oxygens (including phenoxy) is 1. The number of piperazine rings is 1. The fraction of sp³-hybridized carbons (Fsp3) is 0.429. The van der Waals surface area contributed by atoms with E-state index in [9.17, 15) is 4.79 Å². The summed E-state index contributed by atoms with van der Waals surface area (Å²) in [6.07, 6.45) is 3.28. The molecular weight excluding hydrogens is 340 g/mol. The molecule has 0 aliphatic carbocycles. The highest BCUT2D eigenvalue weighted by atomic mass is 16.5. The SMILES string of the molecule is CCN1CCN(C(CNC(=O)c2ccncc2)c2ccc(OC)cc2)CC1. The minimum absolute atomic E-state index is 0.0666. The molecule has 1 aliphatic rings. The van der Waals surface area contributed by atoms with Gasteiger partial charge in [0.25, 0.3) is 5.91 Å². The summed E-state index contributed by atoms with van der Waals surface area (Å²) in [5.74, 6) is 0.775. The molecule has 1 aromatic carbocycles. The Kier molecular flexibility index (Phi) is 6.79. The Hall–Kier alpha value is -2.44. The van der Waals surface area contributed by atoms with Gasteiger partial charge in [-0.15, -0.1) is 0 Å². The number of nitrogens with one attached hydrogen (secondary N) is 1. The van der Waals surface area contributed by atoms with Crippen molar-refractivity contribution in [3.8, 4) is 5.75 Å². The van der Waals surface area contributed by atoms with Gasteiger partial charge in [-0.25, -0.2) is 0 Å². The molecule has 0 saturated carbocycles. The molecule has 1 amide bonds. The predicted octanol–water partition coefficient (Wildman–Crippen LogP) is 2.20. The van der Waals surface area contributed by atoms with Gasteiger partial charge in [0.1, 0.15) is 5.75 Å². The first-order valence-corrected chi connectivity index (χ1v) is 9.50. The first kappa shape index (κ1) is 19.3. The van der Waals surface area contributed by atoms with Crippen LogP contribution >= 0.6 is 0 Å². The summed E-state index contributed by atoms with van der Waals surface area (Å²) in [5.41, 5.74) is 1.82. The largest absolute Gasteiger partial charge is 0.497 e. The maximum Gasteiger partial charge on any atom is 0.251 e. The van der Waals surface area contributed by atoms with E-state index in [0.717, 1.165) is 38.5 Å². The molecule has 3 rings (SSSR count). The van der Waals surface area contributed by atoms with Crippen LogP contribution in [0, 0.1) is 0 Å². The highest BCUT2D eigenvalue weighted by Gasteiger charge is 2.25. The predicted molar refractivity (Wildman–Crippen MR) is 106 cm³/mol. The van der Waals surface area contributed by atoms with Gasteiger partial charge < -0.3 is 15.0 Å². The third-order valence-corrected chi connectivity index (χ3v) is 5.19. The highest BCUT2D eigenvalue weighted by Crippen LogP contribution is 2.24. The molecule has 144 valence electrons. The first-order chi connectivity index (χ1) is 13.2. The minimum Gasteiger partial charge on any atom is -0.497 e. The van der Waals surface area contributed by atoms with Crippen LogP contribution in [0.15, 0.2) is 48.8 Å². The molecule has 27 heavy (non-hydrogen) atoms. The smallest absolute Gasteiger partial charge is 0.251 e. The van der Waals surface area contributed by atoms with Gasteiger partial charge >= 0.3 is 0 Å². The molecule has 0 radical (unpaired) electrons. The van der Waals surface area contributed by atoms with Gasteiger partial charge in [0, 0.05) is 50.7 Å². The second-order valence-electron chi connectivity index (χ2n) is 6.71. The number of amides is 1. The van der Waals surface area contributed by atoms with Crippen molar-refractivity contribution in [1.82, 2.24) is 20.1 Å². The summed E-state index contributed by atoms with van der Waals surface area (Å²) in [7, 11) is 1.67. The second-order valence-corrected chi connectivity index (χ2v) is 6.71. The molecule has 1 aromatic heterocycles. The molecule has 1 unspecified atom stereocenters. The molecular formula is C21H28N4O2. The lowest BCUT2D eigenvalue weighted by Crippen LogP contribution is -2.49. The van der Waals surface area contributed by atoms with Crippen molar-refractivity contribution >= 4 is 5.91 Å². The molecule has 0 spiro atoms. The van der Waals surface area contributed by atoms with Crippen LogP contribution in [-0.4, -0.2) is 67.1 Å². The summed E-state index contributed by atoms with van der Waals surface area (Å²) >= 11 is 0. The van der Waals surface area contributed by atoms with Crippen LogP contribution in [0.3, 0.4) is 0 Å². The van der Waals surface area contributed by atoms with Crippen molar-refractivity contribution in [3.63, 3.8) is 0 Å². The van der Waals surface area contributed by atoms with Gasteiger partial charge in [0.15, 0.2) is 0 Å². The van der Waals surface area contributed by atoms with Crippen molar-refractivity contribution in [3.05, 3.63) is 59.9 Å². The summed E-state index contributed by atoms with van der Waals surface area (Å²) < 4.78 is 5.28. The van der Waals surface area contributed by atoms with E-state index in [1.54, 1.807) is 31.6 Å². The van der Waals surface area contributed by atoms with Gasteiger partial charge in [0.05, 0.1) is 13.2 Å². The zero-order valence-corrected chi connectivity index (χ0v) is 16.1. The summed E-state index contributed by atoms with van der Waals surface area (Å²) in [4.78, 5) is 21.4. The number of aromatic nitrogens is 1. The lowest BCUT2D eigenvalue weighted by atomic mass is 10.0. The van der Waals surface area contributed by atoms with Crippen molar-refractivity contribution in [2.75, 3.05) is 46.4 Å². The van der Waals surface area contributed by atoms with Crippen LogP contribution < -0.4 is 10.1 Å². The van der Waals surface area contributed by atoms with E-state index < -0.39 is 0 Å². The van der Waals surface area contributed by atoms with Gasteiger partial charge in [0.2, 0.25) is 0 Å². The maximum absolute atomic E-state index is 12.5. The minimum atomic E-state index is -0.0666. The average Bonchev–Trinajstić information content (AvgIpc) is 2.75. The quantitative estimate of drug-likeness (QED) is 0.812. The van der Waals surface area contributed by atoms with E-state index in [4.69, 9.17) is 4.74 Å². The van der Waals surface area contributed by atoms with Crippen molar-refractivity contribution in [1.29, 1.82) is 0 Å². The van der Waals surface area contributed by atoms with E-state index in [1.807, 2.05) is 12.1 Å². The zero-order chi connectivity index (χ0) is 19.1. The number of carbonyl (C=O) groups excluding carboxylic acids is 1. The molecule has 1 aliphatic heterocycles. The fourth-order valence-corrected chi connectivity index (χ4v) is 3.47. The highest BCUT2D eigenvalue weighted by molar-refractivity contribution is 5.93. The standard InChI is InChI=1S/C21H28N4O2/c1-3-24-12-14-25(15-13-24)20(17-4-6-19(27-2)7-5-17)16-23-21(26)18-8-10-22-11-9-18/h4-11,20H,3,12-16H2,1-2H3,(H,23,26). The number of hydrogen-bond acceptors (Lipinski definition) is 5. The lowest BCUT2D eigenvalue weighted by Gasteiger charge is -2.39. The average molecular weight is 368 g/mol. The van der Waals surface area contributed by atoms with Crippen LogP contribution in [0.1, 0.15) is 28.9 Å². The third kappa shape index (κ3) is 5.05. The Morgan fingerprint density at radius 1 is 1.11 bits per heavy atom. The molecule has 6 heteroatoms. The van der Waals surface area contributed by atoms with Crippen molar-refractivity contribution in [2.45, 2.75) is 13.0 Å². The van der Waals surface area contributed by atoms with Crippen molar-refractivity contribution < 1.29 is 9.53 Å². The fourth-order valence-electron chi connectivity index (χ4n) is 3.47. The number of benzene rings is 1. The molecule has 0 bridgehead atoms. The summed E-state index contributed by atoms with van der Waals surface area (Å²) in [5, 5.41) is 3.10. The summed E-state index contributed by atoms with van der Waals surface area (Å²) in [6.45, 7) is 7.96. The van der Waals surface area contributed by atoms with E-state index in [1.165, 1.54) is 5.56 Å². The number of pyridine rings is 1. The maximum atomic E-state index is 12.5. The van der Waals surface area contributed by atoms with Gasteiger partial charge in [-0.2, -0.15) is 0 Å². The number of hydrogen-bond donors (Lipinski definition) is 1. The van der Waals surface area contributed by atoms with E-state index in [0.29, 0.717) is 12.1 Å². The molecule has 1 N–H and O–H groups in total. The third-order valence-electron chi connectivity index (χ3n) is 5.19. The Bertz CT molecular complexity index is 713. The van der Waals surface area contributed by atoms with Gasteiger partial charge in [-0.05, 0) is 36.4 Å². The Labute approximate surface area is 161 Å². The lowest BCUT2D eigenvalue weighted by molar-refractivity contribution is 0.0855. The van der Waals surface area contributed by atoms with Crippen LogP contribution in [0.4, 0.5) is 0 Å². The molecule has 6 nitrogen and oxygen atoms in total. The molecule has 1 fully saturated rings. The van der Waals surface area contributed by atoms with E-state index in [-0.39, 0.29) is 11.9 Å². The van der Waals surface area contributed by atoms with Crippen molar-refractivity contribution in [2.24, 2.45) is 0 Å². The molecule has 1 saturated heterocycles. The number of methoxy groups -OCH3 is 1. The molecule has 2 aromatic rings. The topological polar surface area (TPSA) is 57.7 Å². The van der Waals surface area contributed by atoms with Crippen LogP contribution in [0.5, 0.6) is 5.75 Å². The summed E-state index contributed by atoms with van der Waals surface area (Å²) in [6, 6.07) is 11.8. The number of nitrogens with zero attached hydrogens (tertiary/aromatic N) is 3. The number of carbonyl (C=O) groups is 1. The van der Waals surface area contributed by atoms with Gasteiger partial charge in [-0.3, -0.25) is 14.7 Å². The van der Waals surface area contributed by atoms with Gasteiger partial charge in [-0.1, -0.05) is 19.1 Å². The number of likely N-dealkylation sites (N-methyl/N-ethyl adjacent to an activating group) is 1. The normalized spacial score (nSPS) is 16.7. The van der Waals surface area contributed by atoms with Crippen LogP contribution in [0.2, 0.25) is 0 Å². The number of rotatable bonds is 7. The Morgan fingerprint density at radius 2 is 1.78 bits per heavy atom. The Balaban J connectivity index is 1.71. The zero-order valence-electron chi connectivity index (χ0n) is 16.1.